The number of aliphatic hydroxyl groups excluding tert-OH is 1. The van der Waals surface area contributed by atoms with E-state index in [4.69, 9.17) is 0 Å². The van der Waals surface area contributed by atoms with Crippen LogP contribution < -0.4 is 0 Å². The Morgan fingerprint density at radius 3 is 2.77 bits per heavy atom. The number of rotatable bonds is 0. The quantitative estimate of drug-likeness (QED) is 0.588. The Labute approximate surface area is 76.5 Å². The predicted octanol–water partition coefficient (Wildman–Crippen LogP) is 0.184. The minimum Gasteiger partial charge on any atom is -0.390 e. The molecule has 1 saturated heterocycles. The number of hydrogen-bond donors (Lipinski definition) is 1. The van der Waals surface area contributed by atoms with Crippen molar-refractivity contribution in [2.75, 3.05) is 13.1 Å². The van der Waals surface area contributed by atoms with Gasteiger partial charge in [0.2, 0.25) is 5.91 Å². The lowest BCUT2D eigenvalue weighted by Gasteiger charge is -2.17. The molecule has 1 N–H and O–H groups in total. The largest absolute Gasteiger partial charge is 0.390 e. The number of halogens is 1. The average molecular weight is 187 g/mol. The fraction of sp³-hybridized carbons (Fsp3) is 0.889. The fourth-order valence-corrected chi connectivity index (χ4v) is 2.49. The van der Waals surface area contributed by atoms with Gasteiger partial charge in [-0.25, -0.2) is 4.39 Å². The van der Waals surface area contributed by atoms with Crippen LogP contribution in [0.5, 0.6) is 0 Å². The van der Waals surface area contributed by atoms with Crippen LogP contribution in [0.4, 0.5) is 4.39 Å². The SMILES string of the molecule is CC(=O)N1C[C@H]2C[C@H](F)[C@@H](O)[C@H]2C1. The van der Waals surface area contributed by atoms with Gasteiger partial charge in [0.25, 0.3) is 0 Å². The molecule has 2 fully saturated rings. The monoisotopic (exact) mass is 187 g/mol. The number of aliphatic hydroxyl groups is 1. The van der Waals surface area contributed by atoms with Crippen molar-refractivity contribution in [2.24, 2.45) is 11.8 Å². The van der Waals surface area contributed by atoms with Crippen LogP contribution in [0.3, 0.4) is 0 Å². The first-order valence-electron chi connectivity index (χ1n) is 4.67. The maximum absolute atomic E-state index is 13.0. The highest BCUT2D eigenvalue weighted by Gasteiger charge is 2.48. The third kappa shape index (κ3) is 1.33. The van der Waals surface area contributed by atoms with E-state index >= 15 is 0 Å². The zero-order chi connectivity index (χ0) is 9.59. The maximum atomic E-state index is 13.0. The summed E-state index contributed by atoms with van der Waals surface area (Å²) in [5.74, 6) is 0.171. The first-order chi connectivity index (χ1) is 6.09. The predicted molar refractivity (Wildman–Crippen MR) is 44.8 cm³/mol. The molecule has 74 valence electrons. The van der Waals surface area contributed by atoms with Crippen LogP contribution in [-0.2, 0) is 4.79 Å². The highest BCUT2D eigenvalue weighted by Crippen LogP contribution is 2.39. The molecule has 3 nitrogen and oxygen atoms in total. The van der Waals surface area contributed by atoms with E-state index in [1.54, 1.807) is 4.90 Å². The lowest BCUT2D eigenvalue weighted by atomic mass is 9.99. The number of nitrogens with zero attached hydrogens (tertiary/aromatic N) is 1. The van der Waals surface area contributed by atoms with Crippen LogP contribution in [0.1, 0.15) is 13.3 Å². The molecule has 1 aliphatic carbocycles. The summed E-state index contributed by atoms with van der Waals surface area (Å²) in [6.07, 6.45) is -1.52. The Morgan fingerprint density at radius 2 is 2.23 bits per heavy atom. The molecule has 0 aromatic rings. The van der Waals surface area contributed by atoms with Crippen molar-refractivity contribution in [3.8, 4) is 0 Å². The van der Waals surface area contributed by atoms with Gasteiger partial charge < -0.3 is 10.0 Å². The molecule has 1 amide bonds. The van der Waals surface area contributed by atoms with Gasteiger partial charge in [-0.3, -0.25) is 4.79 Å². The summed E-state index contributed by atoms with van der Waals surface area (Å²) in [5.41, 5.74) is 0. The van der Waals surface area contributed by atoms with E-state index in [0.717, 1.165) is 0 Å². The van der Waals surface area contributed by atoms with Gasteiger partial charge in [0.15, 0.2) is 0 Å². The molecule has 2 aliphatic rings. The molecule has 2 rings (SSSR count). The van der Waals surface area contributed by atoms with Crippen molar-refractivity contribution in [1.29, 1.82) is 0 Å². The lowest BCUT2D eigenvalue weighted by molar-refractivity contribution is -0.128. The van der Waals surface area contributed by atoms with Crippen molar-refractivity contribution in [3.63, 3.8) is 0 Å². The third-order valence-electron chi connectivity index (χ3n) is 3.27. The highest BCUT2D eigenvalue weighted by molar-refractivity contribution is 5.73. The fourth-order valence-electron chi connectivity index (χ4n) is 2.49. The Hall–Kier alpha value is -0.640. The molecule has 1 aliphatic heterocycles. The van der Waals surface area contributed by atoms with E-state index in [1.807, 2.05) is 0 Å². The number of carbonyl (C=O) groups excluding carboxylic acids is 1. The van der Waals surface area contributed by atoms with Gasteiger partial charge in [0, 0.05) is 25.9 Å². The summed E-state index contributed by atoms with van der Waals surface area (Å²) in [7, 11) is 0. The van der Waals surface area contributed by atoms with Crippen LogP contribution in [0.25, 0.3) is 0 Å². The molecule has 0 aromatic heterocycles. The normalized spacial score (nSPS) is 43.8. The van der Waals surface area contributed by atoms with Crippen molar-refractivity contribution in [2.45, 2.75) is 25.6 Å². The van der Waals surface area contributed by atoms with E-state index in [0.29, 0.717) is 19.5 Å². The first-order valence-corrected chi connectivity index (χ1v) is 4.67. The Balaban J connectivity index is 2.04. The van der Waals surface area contributed by atoms with Gasteiger partial charge in [0.05, 0.1) is 6.10 Å². The van der Waals surface area contributed by atoms with Gasteiger partial charge in [0.1, 0.15) is 6.17 Å². The Bertz CT molecular complexity index is 234. The molecule has 4 atom stereocenters. The van der Waals surface area contributed by atoms with Crippen LogP contribution in [0.15, 0.2) is 0 Å². The number of amides is 1. The number of likely N-dealkylation sites (tertiary alicyclic amines) is 1. The summed E-state index contributed by atoms with van der Waals surface area (Å²) in [5, 5.41) is 9.45. The second kappa shape index (κ2) is 2.94. The van der Waals surface area contributed by atoms with Crippen molar-refractivity contribution in [1.82, 2.24) is 4.90 Å². The molecular formula is C9H14FNO2. The second-order valence-electron chi connectivity index (χ2n) is 4.09. The molecule has 4 heteroatoms. The Kier molecular flexibility index (Phi) is 2.02. The van der Waals surface area contributed by atoms with E-state index in [1.165, 1.54) is 6.92 Å². The van der Waals surface area contributed by atoms with Crippen LogP contribution in [0.2, 0.25) is 0 Å². The molecule has 0 aromatic carbocycles. The van der Waals surface area contributed by atoms with Crippen LogP contribution in [0, 0.1) is 11.8 Å². The summed E-state index contributed by atoms with van der Waals surface area (Å²) >= 11 is 0. The van der Waals surface area contributed by atoms with Crippen molar-refractivity contribution >= 4 is 5.91 Å². The first kappa shape index (κ1) is 8.94. The average Bonchev–Trinajstić information content (AvgIpc) is 2.55. The summed E-state index contributed by atoms with van der Waals surface area (Å²) in [6, 6.07) is 0. The smallest absolute Gasteiger partial charge is 0.219 e. The zero-order valence-electron chi connectivity index (χ0n) is 7.61. The molecule has 1 saturated carbocycles. The van der Waals surface area contributed by atoms with Gasteiger partial charge in [-0.05, 0) is 12.3 Å². The van der Waals surface area contributed by atoms with Gasteiger partial charge >= 0.3 is 0 Å². The maximum Gasteiger partial charge on any atom is 0.219 e. The Morgan fingerprint density at radius 1 is 1.54 bits per heavy atom. The lowest BCUT2D eigenvalue weighted by Crippen LogP contribution is -2.31. The summed E-state index contributed by atoms with van der Waals surface area (Å²) in [4.78, 5) is 12.7. The number of fused-ring (bicyclic) bond motifs is 1. The minimum atomic E-state index is -1.08. The standard InChI is InChI=1S/C9H14FNO2/c1-5(12)11-3-6-2-8(10)9(13)7(6)4-11/h6-9,13H,2-4H2,1H3/t6-,7+,8+,9+/m1/s1. The van der Waals surface area contributed by atoms with Crippen molar-refractivity contribution < 1.29 is 14.3 Å². The third-order valence-corrected chi connectivity index (χ3v) is 3.27. The second-order valence-corrected chi connectivity index (χ2v) is 4.09. The zero-order valence-corrected chi connectivity index (χ0v) is 7.61. The van der Waals surface area contributed by atoms with E-state index < -0.39 is 12.3 Å². The molecule has 0 radical (unpaired) electrons. The van der Waals surface area contributed by atoms with Crippen LogP contribution >= 0.6 is 0 Å². The van der Waals surface area contributed by atoms with Crippen LogP contribution in [-0.4, -0.2) is 41.3 Å². The number of alkyl halides is 1. The molecular weight excluding hydrogens is 173 g/mol. The summed E-state index contributed by atoms with van der Waals surface area (Å²) < 4.78 is 13.0. The summed E-state index contributed by atoms with van der Waals surface area (Å²) in [6.45, 7) is 2.67. The molecule has 1 heterocycles. The van der Waals surface area contributed by atoms with Gasteiger partial charge in [-0.1, -0.05) is 0 Å². The van der Waals surface area contributed by atoms with E-state index in [2.05, 4.69) is 0 Å². The van der Waals surface area contributed by atoms with Gasteiger partial charge in [-0.2, -0.15) is 0 Å². The number of hydrogen-bond acceptors (Lipinski definition) is 2. The molecule has 0 spiro atoms. The molecule has 0 bridgehead atoms. The van der Waals surface area contributed by atoms with Gasteiger partial charge in [-0.15, -0.1) is 0 Å². The van der Waals surface area contributed by atoms with Crippen molar-refractivity contribution in [3.05, 3.63) is 0 Å². The molecule has 13 heavy (non-hydrogen) atoms. The number of carbonyl (C=O) groups is 1. The van der Waals surface area contributed by atoms with E-state index in [9.17, 15) is 14.3 Å². The highest BCUT2D eigenvalue weighted by atomic mass is 19.1. The topological polar surface area (TPSA) is 40.5 Å². The molecule has 0 unspecified atom stereocenters. The van der Waals surface area contributed by atoms with E-state index in [-0.39, 0.29) is 17.7 Å². The minimum absolute atomic E-state index is 0.0250.